The number of rotatable bonds is 11. The Morgan fingerprint density at radius 3 is 2.86 bits per heavy atom. The highest BCUT2D eigenvalue weighted by atomic mass is 35.5. The molecule has 0 bridgehead atoms. The number of allylic oxidation sites excluding steroid dienone is 1. The number of thioether (sulfide) groups is 1. The molecule has 0 atom stereocenters. The van der Waals surface area contributed by atoms with Crippen LogP contribution in [-0.2, 0) is 17.9 Å². The second kappa shape index (κ2) is 12.3. The number of phenols is 1. The number of carbonyl (C=O) groups excluding carboxylic acids is 1. The Labute approximate surface area is 223 Å². The fourth-order valence-electron chi connectivity index (χ4n) is 3.59. The maximum Gasteiger partial charge on any atom is 0.250 e. The minimum atomic E-state index is -0.318. The SMILES string of the molecule is C=CCn1c(CNc2cccc3ccccc23)nnc1SCC(=O)N/N=C\c1cc(Cl)c(O)c(OC)c1. The zero-order valence-electron chi connectivity index (χ0n) is 20.0. The Hall–Kier alpha value is -4.02. The van der Waals surface area contributed by atoms with Gasteiger partial charge in [0.2, 0.25) is 0 Å². The second-order valence-electron chi connectivity index (χ2n) is 7.81. The van der Waals surface area contributed by atoms with Crippen LogP contribution in [0.3, 0.4) is 0 Å². The van der Waals surface area contributed by atoms with Gasteiger partial charge in [0.1, 0.15) is 0 Å². The number of anilines is 1. The van der Waals surface area contributed by atoms with Gasteiger partial charge < -0.3 is 19.7 Å². The molecule has 4 aromatic rings. The van der Waals surface area contributed by atoms with Gasteiger partial charge in [-0.3, -0.25) is 4.79 Å². The number of methoxy groups -OCH3 is 1. The standard InChI is InChI=1S/C26H25ClN6O3S/c1-3-11-33-23(15-28-21-10-6-8-18-7-4-5-9-19(18)21)30-32-26(33)37-16-24(34)31-29-14-17-12-20(27)25(35)22(13-17)36-2/h3-10,12-14,28,35H,1,11,15-16H2,2H3,(H,31,34)/b29-14-. The van der Waals surface area contributed by atoms with Crippen molar-refractivity contribution in [1.29, 1.82) is 0 Å². The average Bonchev–Trinajstić information content (AvgIpc) is 3.29. The van der Waals surface area contributed by atoms with E-state index in [1.165, 1.54) is 31.2 Å². The first kappa shape index (κ1) is 26.1. The van der Waals surface area contributed by atoms with Crippen molar-refractivity contribution < 1.29 is 14.6 Å². The third-order valence-electron chi connectivity index (χ3n) is 5.34. The number of phenolic OH excluding ortho intramolecular Hbond substituents is 1. The largest absolute Gasteiger partial charge is 0.503 e. The molecule has 0 aliphatic heterocycles. The summed E-state index contributed by atoms with van der Waals surface area (Å²) in [4.78, 5) is 12.3. The van der Waals surface area contributed by atoms with Gasteiger partial charge in [0.15, 0.2) is 22.5 Å². The Morgan fingerprint density at radius 1 is 1.24 bits per heavy atom. The van der Waals surface area contributed by atoms with Crippen LogP contribution in [0, 0.1) is 0 Å². The van der Waals surface area contributed by atoms with Crippen LogP contribution in [0.5, 0.6) is 11.5 Å². The molecule has 190 valence electrons. The number of hydrogen-bond donors (Lipinski definition) is 3. The van der Waals surface area contributed by atoms with E-state index in [9.17, 15) is 9.90 Å². The lowest BCUT2D eigenvalue weighted by molar-refractivity contribution is -0.118. The fraction of sp³-hybridized carbons (Fsp3) is 0.154. The van der Waals surface area contributed by atoms with Crippen molar-refractivity contribution in [3.8, 4) is 11.5 Å². The summed E-state index contributed by atoms with van der Waals surface area (Å²) < 4.78 is 6.98. The first-order valence-corrected chi connectivity index (χ1v) is 12.6. The van der Waals surface area contributed by atoms with E-state index in [1.54, 1.807) is 12.1 Å². The Kier molecular flexibility index (Phi) is 8.65. The fourth-order valence-corrected chi connectivity index (χ4v) is 4.57. The molecule has 0 fully saturated rings. The van der Waals surface area contributed by atoms with Crippen molar-refractivity contribution in [1.82, 2.24) is 20.2 Å². The third-order valence-corrected chi connectivity index (χ3v) is 6.59. The van der Waals surface area contributed by atoms with Crippen LogP contribution in [0.2, 0.25) is 5.02 Å². The molecular formula is C26H25ClN6O3S. The van der Waals surface area contributed by atoms with E-state index in [0.717, 1.165) is 22.3 Å². The second-order valence-corrected chi connectivity index (χ2v) is 9.16. The summed E-state index contributed by atoms with van der Waals surface area (Å²) in [5.41, 5.74) is 4.03. The molecule has 1 aromatic heterocycles. The minimum absolute atomic E-state index is 0.0863. The van der Waals surface area contributed by atoms with E-state index in [1.807, 2.05) is 28.8 Å². The van der Waals surface area contributed by atoms with Crippen LogP contribution in [0.25, 0.3) is 10.8 Å². The van der Waals surface area contributed by atoms with E-state index in [4.69, 9.17) is 16.3 Å². The molecule has 0 saturated carbocycles. The van der Waals surface area contributed by atoms with Gasteiger partial charge in [0.25, 0.3) is 5.91 Å². The lowest BCUT2D eigenvalue weighted by atomic mass is 10.1. The van der Waals surface area contributed by atoms with E-state index in [2.05, 4.69) is 50.8 Å². The number of amides is 1. The zero-order valence-corrected chi connectivity index (χ0v) is 21.6. The van der Waals surface area contributed by atoms with Gasteiger partial charge in [0.05, 0.1) is 30.6 Å². The Morgan fingerprint density at radius 2 is 2.05 bits per heavy atom. The van der Waals surface area contributed by atoms with Crippen molar-refractivity contribution in [3.63, 3.8) is 0 Å². The number of aromatic nitrogens is 3. The van der Waals surface area contributed by atoms with Gasteiger partial charge in [-0.2, -0.15) is 5.10 Å². The topological polar surface area (TPSA) is 114 Å². The van der Waals surface area contributed by atoms with Gasteiger partial charge in [-0.25, -0.2) is 5.43 Å². The number of ether oxygens (including phenoxy) is 1. The van der Waals surface area contributed by atoms with E-state index in [-0.39, 0.29) is 28.2 Å². The van der Waals surface area contributed by atoms with Crippen molar-refractivity contribution in [2.45, 2.75) is 18.2 Å². The number of halogens is 1. The Balaban J connectivity index is 1.36. The van der Waals surface area contributed by atoms with Crippen molar-refractivity contribution in [2.75, 3.05) is 18.2 Å². The van der Waals surface area contributed by atoms with Crippen LogP contribution in [0.4, 0.5) is 5.69 Å². The van der Waals surface area contributed by atoms with Crippen LogP contribution in [0.15, 0.2) is 77.5 Å². The number of hydrogen-bond acceptors (Lipinski definition) is 8. The molecule has 0 aliphatic carbocycles. The number of fused-ring (bicyclic) bond motifs is 1. The molecular weight excluding hydrogens is 512 g/mol. The molecule has 9 nitrogen and oxygen atoms in total. The normalized spacial score (nSPS) is 11.1. The summed E-state index contributed by atoms with van der Waals surface area (Å²) >= 11 is 7.22. The zero-order chi connectivity index (χ0) is 26.2. The van der Waals surface area contributed by atoms with Crippen LogP contribution < -0.4 is 15.5 Å². The average molecular weight is 537 g/mol. The lowest BCUT2D eigenvalue weighted by Crippen LogP contribution is -2.20. The van der Waals surface area contributed by atoms with Gasteiger partial charge in [0, 0.05) is 17.6 Å². The summed E-state index contributed by atoms with van der Waals surface area (Å²) in [6.45, 7) is 4.79. The third kappa shape index (κ3) is 6.41. The number of nitrogens with zero attached hydrogens (tertiary/aromatic N) is 4. The first-order valence-electron chi connectivity index (χ1n) is 11.3. The molecule has 0 unspecified atom stereocenters. The van der Waals surface area contributed by atoms with Crippen molar-refractivity contribution >= 4 is 51.9 Å². The molecule has 1 amide bonds. The quantitative estimate of drug-likeness (QED) is 0.109. The highest BCUT2D eigenvalue weighted by Crippen LogP contribution is 2.34. The minimum Gasteiger partial charge on any atom is -0.503 e. The number of hydrazone groups is 1. The summed E-state index contributed by atoms with van der Waals surface area (Å²) in [5.74, 6) is 0.553. The first-order chi connectivity index (χ1) is 18.0. The number of aromatic hydroxyl groups is 1. The monoisotopic (exact) mass is 536 g/mol. The maximum absolute atomic E-state index is 12.3. The highest BCUT2D eigenvalue weighted by molar-refractivity contribution is 7.99. The van der Waals surface area contributed by atoms with Gasteiger partial charge >= 0.3 is 0 Å². The number of nitrogens with one attached hydrogen (secondary N) is 2. The predicted octanol–water partition coefficient (Wildman–Crippen LogP) is 4.84. The van der Waals surface area contributed by atoms with Crippen LogP contribution >= 0.6 is 23.4 Å². The van der Waals surface area contributed by atoms with Gasteiger partial charge in [-0.15, -0.1) is 16.8 Å². The molecule has 0 saturated heterocycles. The summed E-state index contributed by atoms with van der Waals surface area (Å²) in [5, 5.41) is 28.8. The number of carbonyl (C=O) groups is 1. The molecule has 4 rings (SSSR count). The van der Waals surface area contributed by atoms with Crippen LogP contribution in [0.1, 0.15) is 11.4 Å². The molecule has 0 radical (unpaired) electrons. The molecule has 0 aliphatic rings. The number of benzene rings is 3. The molecule has 37 heavy (non-hydrogen) atoms. The van der Waals surface area contributed by atoms with Crippen molar-refractivity contribution in [3.05, 3.63) is 83.7 Å². The summed E-state index contributed by atoms with van der Waals surface area (Å²) in [6, 6.07) is 17.3. The summed E-state index contributed by atoms with van der Waals surface area (Å²) in [6.07, 6.45) is 3.17. The summed E-state index contributed by atoms with van der Waals surface area (Å²) in [7, 11) is 1.42. The predicted molar refractivity (Wildman–Crippen MR) is 148 cm³/mol. The van der Waals surface area contributed by atoms with E-state index in [0.29, 0.717) is 23.8 Å². The molecule has 0 spiro atoms. The lowest BCUT2D eigenvalue weighted by Gasteiger charge is -2.11. The molecule has 11 heteroatoms. The highest BCUT2D eigenvalue weighted by Gasteiger charge is 2.14. The molecule has 3 aromatic carbocycles. The Bertz CT molecular complexity index is 1450. The smallest absolute Gasteiger partial charge is 0.250 e. The van der Waals surface area contributed by atoms with Crippen LogP contribution in [-0.4, -0.2) is 44.9 Å². The van der Waals surface area contributed by atoms with Gasteiger partial charge in [-0.05, 0) is 29.1 Å². The van der Waals surface area contributed by atoms with Gasteiger partial charge in [-0.1, -0.05) is 65.8 Å². The van der Waals surface area contributed by atoms with E-state index >= 15 is 0 Å². The molecule has 1 heterocycles. The van der Waals surface area contributed by atoms with Crippen molar-refractivity contribution in [2.24, 2.45) is 5.10 Å². The molecule has 3 N–H and O–H groups in total. The maximum atomic E-state index is 12.3. The van der Waals surface area contributed by atoms with E-state index < -0.39 is 0 Å².